The van der Waals surface area contributed by atoms with Gasteiger partial charge < -0.3 is 5.73 Å². The van der Waals surface area contributed by atoms with Gasteiger partial charge in [-0.25, -0.2) is 0 Å². The van der Waals surface area contributed by atoms with Gasteiger partial charge in [-0.3, -0.25) is 0 Å². The van der Waals surface area contributed by atoms with Crippen molar-refractivity contribution < 1.29 is 0 Å². The van der Waals surface area contributed by atoms with Crippen LogP contribution in [0.25, 0.3) is 0 Å². The van der Waals surface area contributed by atoms with Gasteiger partial charge in [0.1, 0.15) is 0 Å². The first-order chi connectivity index (χ1) is 8.15. The predicted molar refractivity (Wildman–Crippen MR) is 76.6 cm³/mol. The lowest BCUT2D eigenvalue weighted by Crippen LogP contribution is -2.11. The highest BCUT2D eigenvalue weighted by molar-refractivity contribution is 7.99. The summed E-state index contributed by atoms with van der Waals surface area (Å²) in [5.74, 6) is 1.87. The first kappa shape index (κ1) is 13.0. The van der Waals surface area contributed by atoms with Gasteiger partial charge in [0, 0.05) is 10.6 Å². The average molecular weight is 249 g/mol. The molecule has 94 valence electrons. The van der Waals surface area contributed by atoms with E-state index in [9.17, 15) is 0 Å². The van der Waals surface area contributed by atoms with E-state index in [0.29, 0.717) is 11.3 Å². The quantitative estimate of drug-likeness (QED) is 0.770. The molecule has 1 aromatic carbocycles. The Morgan fingerprint density at radius 2 is 1.88 bits per heavy atom. The molecule has 0 radical (unpaired) electrons. The average Bonchev–Trinajstić information content (AvgIpc) is 3.08. The van der Waals surface area contributed by atoms with Gasteiger partial charge in [-0.05, 0) is 54.8 Å². The normalized spacial score (nSPS) is 17.4. The van der Waals surface area contributed by atoms with Gasteiger partial charge in [0.2, 0.25) is 0 Å². The lowest BCUT2D eigenvalue weighted by molar-refractivity contribution is 0.537. The highest BCUT2D eigenvalue weighted by atomic mass is 32.2. The standard InChI is InChI=1S/C15H23NS/c1-12(2)13-3-5-14(6-4-13)17-11-15(7-8-15)9-10-16/h3-6,12H,7-11,16H2,1-2H3. The summed E-state index contributed by atoms with van der Waals surface area (Å²) in [6, 6.07) is 9.04. The summed E-state index contributed by atoms with van der Waals surface area (Å²) in [6.07, 6.45) is 3.95. The van der Waals surface area contributed by atoms with Crippen molar-refractivity contribution in [1.82, 2.24) is 0 Å². The molecule has 2 rings (SSSR count). The van der Waals surface area contributed by atoms with Crippen molar-refractivity contribution in [2.75, 3.05) is 12.3 Å². The largest absolute Gasteiger partial charge is 0.330 e. The second-order valence-electron chi connectivity index (χ2n) is 5.55. The molecule has 0 aliphatic heterocycles. The van der Waals surface area contributed by atoms with Crippen LogP contribution in [-0.4, -0.2) is 12.3 Å². The van der Waals surface area contributed by atoms with Gasteiger partial charge in [-0.1, -0.05) is 26.0 Å². The van der Waals surface area contributed by atoms with Crippen LogP contribution >= 0.6 is 11.8 Å². The zero-order valence-corrected chi connectivity index (χ0v) is 11.7. The van der Waals surface area contributed by atoms with Crippen molar-refractivity contribution >= 4 is 11.8 Å². The molecule has 1 aliphatic carbocycles. The Morgan fingerprint density at radius 3 is 2.35 bits per heavy atom. The number of benzene rings is 1. The van der Waals surface area contributed by atoms with Gasteiger partial charge in [0.05, 0.1) is 0 Å². The summed E-state index contributed by atoms with van der Waals surface area (Å²) in [7, 11) is 0. The van der Waals surface area contributed by atoms with Crippen LogP contribution in [0.1, 0.15) is 44.6 Å². The minimum absolute atomic E-state index is 0.580. The Hall–Kier alpha value is -0.470. The highest BCUT2D eigenvalue weighted by Gasteiger charge is 2.41. The maximum absolute atomic E-state index is 5.67. The van der Waals surface area contributed by atoms with Gasteiger partial charge in [-0.15, -0.1) is 11.8 Å². The molecule has 2 N–H and O–H groups in total. The Morgan fingerprint density at radius 1 is 1.24 bits per heavy atom. The molecule has 0 atom stereocenters. The maximum Gasteiger partial charge on any atom is 0.00723 e. The van der Waals surface area contributed by atoms with Gasteiger partial charge in [0.15, 0.2) is 0 Å². The van der Waals surface area contributed by atoms with Crippen molar-refractivity contribution in [2.45, 2.75) is 43.9 Å². The van der Waals surface area contributed by atoms with E-state index in [2.05, 4.69) is 38.1 Å². The van der Waals surface area contributed by atoms with Crippen LogP contribution in [0.5, 0.6) is 0 Å². The molecule has 1 aromatic rings. The fourth-order valence-electron chi connectivity index (χ4n) is 2.13. The van der Waals surface area contributed by atoms with Crippen molar-refractivity contribution in [3.05, 3.63) is 29.8 Å². The predicted octanol–water partition coefficient (Wildman–Crippen LogP) is 4.03. The summed E-state index contributed by atoms with van der Waals surface area (Å²) in [5, 5.41) is 0. The minimum atomic E-state index is 0.580. The fourth-order valence-corrected chi connectivity index (χ4v) is 3.37. The molecule has 1 saturated carbocycles. The van der Waals surface area contributed by atoms with Gasteiger partial charge >= 0.3 is 0 Å². The molecule has 0 amide bonds. The first-order valence-corrected chi connectivity index (χ1v) is 7.57. The molecular weight excluding hydrogens is 226 g/mol. The molecule has 0 saturated heterocycles. The zero-order valence-electron chi connectivity index (χ0n) is 10.9. The van der Waals surface area contributed by atoms with Gasteiger partial charge in [0.25, 0.3) is 0 Å². The molecule has 0 bridgehead atoms. The number of rotatable bonds is 6. The third-order valence-electron chi connectivity index (χ3n) is 3.72. The van der Waals surface area contributed by atoms with E-state index in [1.54, 1.807) is 0 Å². The van der Waals surface area contributed by atoms with E-state index in [4.69, 9.17) is 5.73 Å². The summed E-state index contributed by atoms with van der Waals surface area (Å²) >= 11 is 1.99. The monoisotopic (exact) mass is 249 g/mol. The number of hydrogen-bond acceptors (Lipinski definition) is 2. The Bertz CT molecular complexity index is 352. The van der Waals surface area contributed by atoms with Crippen LogP contribution in [0.4, 0.5) is 0 Å². The Balaban J connectivity index is 1.87. The van der Waals surface area contributed by atoms with E-state index in [1.807, 2.05) is 11.8 Å². The zero-order chi connectivity index (χ0) is 12.3. The van der Waals surface area contributed by atoms with E-state index in [1.165, 1.54) is 35.5 Å². The summed E-state index contributed by atoms with van der Waals surface area (Å²) in [5.41, 5.74) is 7.68. The van der Waals surface area contributed by atoms with Crippen LogP contribution < -0.4 is 5.73 Å². The molecule has 1 aliphatic rings. The van der Waals surface area contributed by atoms with E-state index in [0.717, 1.165) is 6.54 Å². The molecule has 1 nitrogen and oxygen atoms in total. The molecule has 0 heterocycles. The Kier molecular flexibility index (Phi) is 4.16. The van der Waals surface area contributed by atoms with E-state index in [-0.39, 0.29) is 0 Å². The van der Waals surface area contributed by atoms with Crippen LogP contribution in [0.3, 0.4) is 0 Å². The molecule has 2 heteroatoms. The molecule has 0 unspecified atom stereocenters. The van der Waals surface area contributed by atoms with E-state index >= 15 is 0 Å². The summed E-state index contributed by atoms with van der Waals surface area (Å²) in [4.78, 5) is 1.40. The molecular formula is C15H23NS. The molecule has 0 spiro atoms. The van der Waals surface area contributed by atoms with Crippen LogP contribution in [-0.2, 0) is 0 Å². The summed E-state index contributed by atoms with van der Waals surface area (Å²) in [6.45, 7) is 5.32. The second kappa shape index (κ2) is 5.45. The lowest BCUT2D eigenvalue weighted by atomic mass is 10.0. The van der Waals surface area contributed by atoms with Crippen molar-refractivity contribution in [2.24, 2.45) is 11.1 Å². The minimum Gasteiger partial charge on any atom is -0.330 e. The summed E-state index contributed by atoms with van der Waals surface area (Å²) < 4.78 is 0. The topological polar surface area (TPSA) is 26.0 Å². The van der Waals surface area contributed by atoms with Crippen LogP contribution in [0.15, 0.2) is 29.2 Å². The third-order valence-corrected chi connectivity index (χ3v) is 5.09. The number of hydrogen-bond donors (Lipinski definition) is 1. The van der Waals surface area contributed by atoms with Crippen molar-refractivity contribution in [3.63, 3.8) is 0 Å². The first-order valence-electron chi connectivity index (χ1n) is 6.58. The molecule has 17 heavy (non-hydrogen) atoms. The van der Waals surface area contributed by atoms with Crippen molar-refractivity contribution in [1.29, 1.82) is 0 Å². The SMILES string of the molecule is CC(C)c1ccc(SCC2(CCN)CC2)cc1. The third kappa shape index (κ3) is 3.49. The second-order valence-corrected chi connectivity index (χ2v) is 6.60. The molecule has 1 fully saturated rings. The van der Waals surface area contributed by atoms with Crippen molar-refractivity contribution in [3.8, 4) is 0 Å². The lowest BCUT2D eigenvalue weighted by Gasteiger charge is -2.13. The smallest absolute Gasteiger partial charge is 0.00723 e. The fraction of sp³-hybridized carbons (Fsp3) is 0.600. The van der Waals surface area contributed by atoms with Crippen LogP contribution in [0, 0.1) is 5.41 Å². The van der Waals surface area contributed by atoms with E-state index < -0.39 is 0 Å². The highest BCUT2D eigenvalue weighted by Crippen LogP contribution is 2.51. The maximum atomic E-state index is 5.67. The molecule has 0 aromatic heterocycles. The number of thioether (sulfide) groups is 1. The van der Waals surface area contributed by atoms with Gasteiger partial charge in [-0.2, -0.15) is 0 Å². The van der Waals surface area contributed by atoms with Crippen LogP contribution in [0.2, 0.25) is 0 Å². The Labute approximate surface area is 109 Å². The number of nitrogens with two attached hydrogens (primary N) is 1.